The number of carbonyl (C=O) groups excluding carboxylic acids is 1. The van der Waals surface area contributed by atoms with Crippen molar-refractivity contribution in [1.29, 1.82) is 0 Å². The van der Waals surface area contributed by atoms with Gasteiger partial charge in [-0.2, -0.15) is 0 Å². The smallest absolute Gasteiger partial charge is 0.319 e. The molecule has 0 aliphatic rings. The summed E-state index contributed by atoms with van der Waals surface area (Å²) in [4.78, 5) is 12.1. The molecular weight excluding hydrogens is 252 g/mol. The molecule has 0 spiro atoms. The van der Waals surface area contributed by atoms with E-state index in [0.29, 0.717) is 23.0 Å². The minimum Gasteiger partial charge on any atom is -0.516 e. The quantitative estimate of drug-likeness (QED) is 0.454. The van der Waals surface area contributed by atoms with Gasteiger partial charge in [-0.15, -0.1) is 0 Å². The van der Waals surface area contributed by atoms with Crippen LogP contribution in [0.5, 0.6) is 0 Å². The van der Waals surface area contributed by atoms with Crippen LogP contribution in [0.25, 0.3) is 0 Å². The third-order valence-corrected chi connectivity index (χ3v) is 9.47. The van der Waals surface area contributed by atoms with Crippen LogP contribution in [0.4, 0.5) is 0 Å². The zero-order valence-corrected chi connectivity index (χ0v) is 14.9. The van der Waals surface area contributed by atoms with Crippen molar-refractivity contribution in [2.24, 2.45) is 11.8 Å². The number of hydrogen-bond acceptors (Lipinski definition) is 2. The van der Waals surface area contributed by atoms with E-state index in [9.17, 15) is 4.79 Å². The van der Waals surface area contributed by atoms with E-state index < -0.39 is 8.32 Å². The summed E-state index contributed by atoms with van der Waals surface area (Å²) in [5.41, 5.74) is 1.02. The van der Waals surface area contributed by atoms with E-state index in [1.165, 1.54) is 0 Å². The summed E-state index contributed by atoms with van der Waals surface area (Å²) in [5.74, 6) is 0.947. The first-order valence-corrected chi connectivity index (χ1v) is 9.93. The molecule has 1 unspecified atom stereocenters. The molecule has 3 heteroatoms. The summed E-state index contributed by atoms with van der Waals surface area (Å²) >= 11 is 0. The second-order valence-corrected chi connectivity index (χ2v) is 10.9. The van der Waals surface area contributed by atoms with Crippen LogP contribution in [0.15, 0.2) is 12.2 Å². The van der Waals surface area contributed by atoms with Crippen molar-refractivity contribution in [3.05, 3.63) is 12.2 Å². The lowest BCUT2D eigenvalue weighted by atomic mass is 10.3. The Morgan fingerprint density at radius 3 is 1.79 bits per heavy atom. The lowest BCUT2D eigenvalue weighted by molar-refractivity contribution is -0.131. The van der Waals surface area contributed by atoms with Crippen LogP contribution >= 0.6 is 0 Å². The molecule has 0 heterocycles. The standard InChI is InChI=1S/C16H32O2Si/c1-9-15(8)19(10-12(2)3,11-13(4)5)18-16(17)14(6)7/h12-13,15H,6,9-11H2,1-5,7-8H3. The van der Waals surface area contributed by atoms with Crippen molar-refractivity contribution in [2.45, 2.75) is 72.5 Å². The zero-order valence-electron chi connectivity index (χ0n) is 13.9. The average Bonchev–Trinajstić information content (AvgIpc) is 2.25. The highest BCUT2D eigenvalue weighted by atomic mass is 28.4. The predicted molar refractivity (Wildman–Crippen MR) is 85.7 cm³/mol. The van der Waals surface area contributed by atoms with Gasteiger partial charge in [0.1, 0.15) is 0 Å². The number of rotatable bonds is 8. The van der Waals surface area contributed by atoms with Crippen LogP contribution in [0.1, 0.15) is 54.9 Å². The average molecular weight is 285 g/mol. The van der Waals surface area contributed by atoms with E-state index in [4.69, 9.17) is 4.43 Å². The van der Waals surface area contributed by atoms with Crippen LogP contribution < -0.4 is 0 Å². The summed E-state index contributed by atoms with van der Waals surface area (Å²) in [6.45, 7) is 18.8. The lowest BCUT2D eigenvalue weighted by Gasteiger charge is -2.38. The maximum Gasteiger partial charge on any atom is 0.319 e. The van der Waals surface area contributed by atoms with Crippen LogP contribution in [0.2, 0.25) is 17.6 Å². The van der Waals surface area contributed by atoms with Crippen LogP contribution in [-0.4, -0.2) is 14.3 Å². The minimum absolute atomic E-state index is 0.187. The maximum atomic E-state index is 12.1. The van der Waals surface area contributed by atoms with Gasteiger partial charge >= 0.3 is 5.97 Å². The van der Waals surface area contributed by atoms with Gasteiger partial charge in [-0.25, -0.2) is 4.79 Å². The molecule has 0 aliphatic carbocycles. The van der Waals surface area contributed by atoms with E-state index in [0.717, 1.165) is 18.5 Å². The lowest BCUT2D eigenvalue weighted by Crippen LogP contribution is -2.46. The molecule has 0 saturated heterocycles. The van der Waals surface area contributed by atoms with Crippen LogP contribution in [0.3, 0.4) is 0 Å². The molecule has 2 nitrogen and oxygen atoms in total. The van der Waals surface area contributed by atoms with Gasteiger partial charge in [0.2, 0.25) is 0 Å². The summed E-state index contributed by atoms with van der Waals surface area (Å²) in [7, 11) is -2.06. The summed E-state index contributed by atoms with van der Waals surface area (Å²) in [6, 6.07) is 2.11. The highest BCUT2D eigenvalue weighted by molar-refractivity contribution is 6.76. The Kier molecular flexibility index (Phi) is 7.64. The first-order chi connectivity index (χ1) is 8.64. The largest absolute Gasteiger partial charge is 0.516 e. The first-order valence-electron chi connectivity index (χ1n) is 7.53. The first kappa shape index (κ1) is 18.4. The second-order valence-electron chi connectivity index (χ2n) is 6.74. The Bertz CT molecular complexity index is 298. The Morgan fingerprint density at radius 1 is 1.11 bits per heavy atom. The molecule has 0 fully saturated rings. The third kappa shape index (κ3) is 5.94. The molecule has 0 aromatic heterocycles. The van der Waals surface area contributed by atoms with Crippen molar-refractivity contribution in [3.8, 4) is 0 Å². The SMILES string of the molecule is C=C(C)C(=O)O[Si](CC(C)C)(CC(C)C)C(C)CC. The van der Waals surface area contributed by atoms with Crippen molar-refractivity contribution in [2.75, 3.05) is 0 Å². The Hall–Kier alpha value is -0.573. The van der Waals surface area contributed by atoms with Gasteiger partial charge in [0.15, 0.2) is 0 Å². The highest BCUT2D eigenvalue weighted by Crippen LogP contribution is 2.38. The number of carbonyl (C=O) groups is 1. The molecule has 0 bridgehead atoms. The molecule has 0 N–H and O–H groups in total. The van der Waals surface area contributed by atoms with Crippen molar-refractivity contribution >= 4 is 14.3 Å². The van der Waals surface area contributed by atoms with E-state index >= 15 is 0 Å². The van der Waals surface area contributed by atoms with Crippen LogP contribution in [0, 0.1) is 11.8 Å². The molecule has 0 rings (SSSR count). The number of hydrogen-bond donors (Lipinski definition) is 0. The fourth-order valence-corrected chi connectivity index (χ4v) is 8.09. The normalized spacial score (nSPS) is 13.7. The molecule has 0 aromatic rings. The molecule has 0 aromatic carbocycles. The third-order valence-electron chi connectivity index (χ3n) is 3.66. The van der Waals surface area contributed by atoms with Crippen molar-refractivity contribution < 1.29 is 9.22 Å². The molecular formula is C16H32O2Si. The molecule has 1 atom stereocenters. The van der Waals surface area contributed by atoms with E-state index in [1.54, 1.807) is 6.92 Å². The summed E-state index contributed by atoms with van der Waals surface area (Å²) < 4.78 is 6.07. The van der Waals surface area contributed by atoms with Gasteiger partial charge in [0, 0.05) is 5.57 Å². The van der Waals surface area contributed by atoms with Crippen molar-refractivity contribution in [1.82, 2.24) is 0 Å². The predicted octanol–water partition coefficient (Wildman–Crippen LogP) is 5.16. The fourth-order valence-electron chi connectivity index (χ4n) is 2.70. The van der Waals surface area contributed by atoms with Gasteiger partial charge in [-0.05, 0) is 36.4 Å². The zero-order chi connectivity index (χ0) is 15.2. The van der Waals surface area contributed by atoms with E-state index in [-0.39, 0.29) is 5.97 Å². The highest BCUT2D eigenvalue weighted by Gasteiger charge is 2.44. The van der Waals surface area contributed by atoms with Gasteiger partial charge in [0.05, 0.1) is 0 Å². The van der Waals surface area contributed by atoms with Gasteiger partial charge in [-0.1, -0.05) is 54.5 Å². The molecule has 19 heavy (non-hydrogen) atoms. The second kappa shape index (κ2) is 7.88. The maximum absolute atomic E-state index is 12.1. The van der Waals surface area contributed by atoms with E-state index in [1.807, 2.05) is 0 Å². The minimum atomic E-state index is -2.06. The monoisotopic (exact) mass is 284 g/mol. The van der Waals surface area contributed by atoms with Gasteiger partial charge in [-0.3, -0.25) is 0 Å². The van der Waals surface area contributed by atoms with E-state index in [2.05, 4.69) is 48.1 Å². The topological polar surface area (TPSA) is 26.3 Å². The summed E-state index contributed by atoms with van der Waals surface area (Å²) in [6.07, 6.45) is 1.08. The van der Waals surface area contributed by atoms with Crippen molar-refractivity contribution in [3.63, 3.8) is 0 Å². The summed E-state index contributed by atoms with van der Waals surface area (Å²) in [5, 5.41) is 0. The molecule has 0 saturated carbocycles. The molecule has 0 radical (unpaired) electrons. The van der Waals surface area contributed by atoms with Crippen LogP contribution in [-0.2, 0) is 9.22 Å². The Labute approximate surface area is 120 Å². The Morgan fingerprint density at radius 2 is 1.53 bits per heavy atom. The fraction of sp³-hybridized carbons (Fsp3) is 0.812. The molecule has 0 amide bonds. The van der Waals surface area contributed by atoms with Gasteiger partial charge in [0.25, 0.3) is 8.32 Å². The molecule has 0 aliphatic heterocycles. The van der Waals surface area contributed by atoms with Gasteiger partial charge < -0.3 is 4.43 Å². The molecule has 112 valence electrons. The Balaban J connectivity index is 5.33.